The van der Waals surface area contributed by atoms with E-state index in [-0.39, 0.29) is 154 Å². The van der Waals surface area contributed by atoms with Gasteiger partial charge in [-0.3, -0.25) is 43.7 Å². The van der Waals surface area contributed by atoms with E-state index in [1.165, 1.54) is 56.0 Å². The van der Waals surface area contributed by atoms with Gasteiger partial charge in [-0.2, -0.15) is 0 Å². The van der Waals surface area contributed by atoms with Crippen LogP contribution < -0.4 is 72.4 Å². The molecule has 3 heterocycles. The van der Waals surface area contributed by atoms with Crippen molar-refractivity contribution in [1.82, 2.24) is 37.2 Å². The van der Waals surface area contributed by atoms with Crippen LogP contribution in [0.3, 0.4) is 0 Å². The predicted molar refractivity (Wildman–Crippen MR) is 407 cm³/mol. The van der Waals surface area contributed by atoms with E-state index in [9.17, 15) is 49.2 Å². The number of aliphatic hydroxyl groups excluding tert-OH is 2. The largest absolute Gasteiger partial charge is 0.508 e. The van der Waals surface area contributed by atoms with Crippen LogP contribution in [-0.2, 0) is 62.4 Å². The molecule has 588 valence electrons. The number of phenolic OH excluding ortho intramolecular Hbond substituents is 2. The lowest BCUT2D eigenvalue weighted by Crippen LogP contribution is -2.57. The van der Waals surface area contributed by atoms with Crippen LogP contribution in [0, 0.1) is 29.6 Å². The lowest BCUT2D eigenvalue weighted by molar-refractivity contribution is -0.185. The summed E-state index contributed by atoms with van der Waals surface area (Å²) in [7, 11) is 1.36. The van der Waals surface area contributed by atoms with Gasteiger partial charge in [0.05, 0.1) is 56.3 Å². The van der Waals surface area contributed by atoms with E-state index >= 15 is 9.59 Å². The average Bonchev–Trinajstić information content (AvgIpc) is 0.764. The number of carbonyl (C=O) groups excluding carboxylic acids is 8. The minimum absolute atomic E-state index is 0.00755. The van der Waals surface area contributed by atoms with E-state index in [1.807, 2.05) is 27.7 Å². The number of ether oxygens (including phenoxy) is 6. The molecule has 0 spiro atoms. The Morgan fingerprint density at radius 1 is 0.745 bits per heavy atom. The highest BCUT2D eigenvalue weighted by molar-refractivity contribution is 6.32. The number of amides is 8. The van der Waals surface area contributed by atoms with Crippen LogP contribution in [-0.4, -0.2) is 144 Å². The standard InChI is InChI=1S/C82H100ClN9O18/c1-6-86-23-24-106-56-15-8-46(9-16-56)33-72(100)89-73(101)40-62-81(103)92-77(80(85)102)53-34-67(107-57-17-13-50(14-18-57)44(4)63(41-87-62)88-70(98)21-7-43(2)3)79(110-74-39-54(94)36-58(42-93)108-74)68(35-53)109-65-20-11-45(31-61(65)83)12-22-71(99)90-78(82(104)91-76-51-26-48-25-49(28-51)29-52(76)27-48)60-37-55(95)38-66(105-5)75(60)59-30-47(32-69(84)97)10-19-64(59)96/h8-11,13-20,30-31,34-35,37-38,43-44,48-49,51-52,54,58,62-63,74,76-78,86-87,93-96H,6-7,12,21-29,32-33,36,39-42H2,1-5H3,(H2,84,97)(H2,85,102)(H,88,98)(H,90,99)(H,91,104)(H,92,103)(H,89,100,101). The summed E-state index contributed by atoms with van der Waals surface area (Å²) >= 11 is 7.17. The van der Waals surface area contributed by atoms with Crippen molar-refractivity contribution in [3.63, 3.8) is 0 Å². The van der Waals surface area contributed by atoms with Crippen molar-refractivity contribution in [2.45, 2.75) is 172 Å². The van der Waals surface area contributed by atoms with Crippen molar-refractivity contribution in [1.29, 1.82) is 0 Å². The molecule has 8 unspecified atom stereocenters. The molecule has 27 nitrogen and oxygen atoms in total. The summed E-state index contributed by atoms with van der Waals surface area (Å²) in [5.41, 5.74) is 14.5. The number of fused-ring (bicyclic) bond motifs is 9. The molecule has 4 aliphatic carbocycles. The van der Waals surface area contributed by atoms with Crippen LogP contribution >= 0.6 is 11.6 Å². The van der Waals surface area contributed by atoms with Gasteiger partial charge in [-0.1, -0.05) is 75.7 Å². The summed E-state index contributed by atoms with van der Waals surface area (Å²) in [6.45, 7) is 9.17. The van der Waals surface area contributed by atoms with E-state index in [0.29, 0.717) is 53.8 Å². The molecule has 110 heavy (non-hydrogen) atoms. The molecule has 6 aromatic rings. The molecule has 15 N–H and O–H groups in total. The maximum absolute atomic E-state index is 15.2. The van der Waals surface area contributed by atoms with Gasteiger partial charge < -0.3 is 92.2 Å². The van der Waals surface area contributed by atoms with E-state index in [2.05, 4.69) is 37.2 Å². The number of nitrogens with two attached hydrogens (primary N) is 2. The molecular formula is C82H100ClN9O18. The van der Waals surface area contributed by atoms with Crippen LogP contribution in [0.5, 0.6) is 51.7 Å². The number of aryl methyl sites for hydroxylation is 1. The molecule has 6 aromatic carbocycles. The first-order chi connectivity index (χ1) is 52.8. The fourth-order valence-electron chi connectivity index (χ4n) is 15.9. The molecule has 7 aliphatic rings. The number of imide groups is 1. The minimum atomic E-state index is -1.74. The molecule has 8 bridgehead atoms. The molecule has 5 fully saturated rings. The fourth-order valence-corrected chi connectivity index (χ4v) is 16.1. The van der Waals surface area contributed by atoms with Crippen LogP contribution in [0.2, 0.25) is 5.02 Å². The molecular weight excluding hydrogens is 1430 g/mol. The maximum atomic E-state index is 15.2. The first-order valence-corrected chi connectivity index (χ1v) is 38.2. The van der Waals surface area contributed by atoms with E-state index in [4.69, 9.17) is 51.5 Å². The number of carbonyl (C=O) groups is 8. The number of phenols is 2. The van der Waals surface area contributed by atoms with Gasteiger partial charge in [-0.25, -0.2) is 0 Å². The Morgan fingerprint density at radius 3 is 2.14 bits per heavy atom. The number of rotatable bonds is 30. The van der Waals surface area contributed by atoms with Gasteiger partial charge in [-0.15, -0.1) is 0 Å². The molecule has 3 aliphatic heterocycles. The molecule has 4 saturated carbocycles. The van der Waals surface area contributed by atoms with Gasteiger partial charge >= 0.3 is 0 Å². The van der Waals surface area contributed by atoms with E-state index in [1.54, 1.807) is 66.7 Å². The summed E-state index contributed by atoms with van der Waals surface area (Å²) < 4.78 is 37.7. The Kier molecular flexibility index (Phi) is 27.3. The van der Waals surface area contributed by atoms with Crippen molar-refractivity contribution in [3.8, 4) is 62.9 Å². The Bertz CT molecular complexity index is 4290. The van der Waals surface area contributed by atoms with Crippen molar-refractivity contribution in [2.24, 2.45) is 41.1 Å². The summed E-state index contributed by atoms with van der Waals surface area (Å²) in [6.07, 6.45) is 1.57. The van der Waals surface area contributed by atoms with Gasteiger partial charge in [-0.05, 0) is 181 Å². The monoisotopic (exact) mass is 1530 g/mol. The second kappa shape index (κ2) is 37.1. The fraction of sp³-hybridized carbons (Fsp3) is 0.463. The topological polar surface area (TPSA) is 409 Å². The third kappa shape index (κ3) is 21.1. The number of likely N-dealkylation sites (N-methyl/N-ethyl adjacent to an activating group) is 1. The highest BCUT2D eigenvalue weighted by Gasteiger charge is 2.49. The number of benzene rings is 6. The zero-order valence-electron chi connectivity index (χ0n) is 62.4. The summed E-state index contributed by atoms with van der Waals surface area (Å²) in [5.74, 6) is -4.31. The molecule has 0 aromatic heterocycles. The quantitative estimate of drug-likeness (QED) is 0.0190. The number of aliphatic hydroxyl groups is 2. The number of aromatic hydroxyl groups is 2. The van der Waals surface area contributed by atoms with Gasteiger partial charge in [0.25, 0.3) is 0 Å². The minimum Gasteiger partial charge on any atom is -0.508 e. The Morgan fingerprint density at radius 2 is 1.46 bits per heavy atom. The van der Waals surface area contributed by atoms with Gasteiger partial charge in [0.15, 0.2) is 11.5 Å². The van der Waals surface area contributed by atoms with Crippen molar-refractivity contribution < 1.29 is 87.2 Å². The van der Waals surface area contributed by atoms with E-state index in [0.717, 1.165) is 37.8 Å². The number of hydrogen-bond acceptors (Lipinski definition) is 20. The predicted octanol–water partition coefficient (Wildman–Crippen LogP) is 7.91. The Hall–Kier alpha value is -10.0. The number of primary amides is 2. The number of hydrogen-bond donors (Lipinski definition) is 13. The smallest absolute Gasteiger partial charge is 0.247 e. The highest BCUT2D eigenvalue weighted by Crippen LogP contribution is 2.54. The second-order valence-corrected chi connectivity index (χ2v) is 30.4. The van der Waals surface area contributed by atoms with E-state index < -0.39 is 103 Å². The highest BCUT2D eigenvalue weighted by atomic mass is 35.5. The third-order valence-corrected chi connectivity index (χ3v) is 21.5. The SMILES string of the molecule is CCNCCOc1ccc(CC(=O)NC(=O)CC2NCC(NC(=O)CCC(C)C)C(C)c3ccc(cc3)Oc3cc(cc(Oc4ccc(CCC(=O)NC(C(=O)NC5C6CC7CC(C6)CC5C7)c5cc(O)cc(OC)c5-c5cc(CC(N)=O)ccc5O)cc4Cl)c3OC3CC(O)CC(CO)O3)C(C(N)=O)NC2=O)cc1. The summed E-state index contributed by atoms with van der Waals surface area (Å²) in [5, 5.41) is 65.0. The average molecular weight is 1540 g/mol. The normalized spacial score (nSPS) is 23.0. The maximum Gasteiger partial charge on any atom is 0.247 e. The lowest BCUT2D eigenvalue weighted by Gasteiger charge is -2.54. The molecule has 13 rings (SSSR count). The van der Waals surface area contributed by atoms with Crippen LogP contribution in [0.25, 0.3) is 11.1 Å². The molecule has 1 saturated heterocycles. The summed E-state index contributed by atoms with van der Waals surface area (Å²) in [4.78, 5) is 112. The first-order valence-electron chi connectivity index (χ1n) is 37.8. The Labute approximate surface area is 643 Å². The third-order valence-electron chi connectivity index (χ3n) is 21.2. The van der Waals surface area contributed by atoms with Crippen molar-refractivity contribution in [3.05, 3.63) is 148 Å². The molecule has 8 amide bonds. The number of methoxy groups -OCH3 is 1. The van der Waals surface area contributed by atoms with Crippen molar-refractivity contribution >= 4 is 58.9 Å². The van der Waals surface area contributed by atoms with Crippen LogP contribution in [0.1, 0.15) is 150 Å². The number of nitrogens with one attached hydrogen (secondary N) is 7. The first kappa shape index (κ1) is 81.0. The number of halogens is 1. The van der Waals surface area contributed by atoms with Crippen LogP contribution in [0.4, 0.5) is 0 Å². The molecule has 8 atom stereocenters. The Balaban J connectivity index is 0.900. The second-order valence-electron chi connectivity index (χ2n) is 30.0. The van der Waals surface area contributed by atoms with Gasteiger partial charge in [0.1, 0.15) is 53.2 Å². The van der Waals surface area contributed by atoms with Crippen LogP contribution in [0.15, 0.2) is 109 Å². The van der Waals surface area contributed by atoms with Gasteiger partial charge in [0, 0.05) is 74.0 Å². The zero-order valence-corrected chi connectivity index (χ0v) is 63.2. The lowest BCUT2D eigenvalue weighted by atomic mass is 9.54. The summed E-state index contributed by atoms with van der Waals surface area (Å²) in [6, 6.07) is 22.7. The zero-order chi connectivity index (χ0) is 78.4. The molecule has 0 radical (unpaired) electrons. The molecule has 28 heteroatoms. The van der Waals surface area contributed by atoms with Crippen molar-refractivity contribution in [2.75, 3.05) is 40.0 Å². The van der Waals surface area contributed by atoms with Gasteiger partial charge in [0.2, 0.25) is 59.3 Å².